The van der Waals surface area contributed by atoms with Gasteiger partial charge in [0.05, 0.1) is 10.6 Å². The molecule has 2 aromatic rings. The van der Waals surface area contributed by atoms with E-state index < -0.39 is 0 Å². The Labute approximate surface area is 116 Å². The zero-order valence-electron chi connectivity index (χ0n) is 11.1. The molecular weight excluding hydrogens is 258 g/mol. The van der Waals surface area contributed by atoms with Crippen molar-refractivity contribution in [3.8, 4) is 0 Å². The van der Waals surface area contributed by atoms with Crippen LogP contribution in [0.5, 0.6) is 0 Å². The first-order valence-corrected chi connectivity index (χ1v) is 7.04. The van der Waals surface area contributed by atoms with Crippen molar-refractivity contribution >= 4 is 22.9 Å². The van der Waals surface area contributed by atoms with E-state index in [1.807, 2.05) is 43.6 Å². The minimum atomic E-state index is -0.0572. The Hall–Kier alpha value is -1.88. The highest BCUT2D eigenvalue weighted by molar-refractivity contribution is 7.09. The zero-order valence-corrected chi connectivity index (χ0v) is 11.9. The standard InChI is InChI=1S/C14H17N3OS/c1-10-9-19-13(17-10)7-8-16-14(18)11-5-3-4-6-12(11)15-2/h3-6,9,15H,7-8H2,1-2H3,(H,16,18). The second kappa shape index (κ2) is 6.33. The third-order valence-corrected chi connectivity index (χ3v) is 3.76. The van der Waals surface area contributed by atoms with Gasteiger partial charge in [0.1, 0.15) is 0 Å². The van der Waals surface area contributed by atoms with Crippen LogP contribution in [0.15, 0.2) is 29.6 Å². The number of thiazole rings is 1. The summed E-state index contributed by atoms with van der Waals surface area (Å²) in [7, 11) is 1.81. The first kappa shape index (κ1) is 13.5. The van der Waals surface area contributed by atoms with Crippen molar-refractivity contribution in [2.75, 3.05) is 18.9 Å². The molecule has 0 aliphatic carbocycles. The predicted molar refractivity (Wildman–Crippen MR) is 78.9 cm³/mol. The van der Waals surface area contributed by atoms with Gasteiger partial charge >= 0.3 is 0 Å². The Morgan fingerprint density at radius 1 is 1.37 bits per heavy atom. The lowest BCUT2D eigenvalue weighted by molar-refractivity contribution is 0.0955. The fourth-order valence-electron chi connectivity index (χ4n) is 1.79. The maximum atomic E-state index is 12.1. The van der Waals surface area contributed by atoms with Crippen LogP contribution in [0.2, 0.25) is 0 Å². The van der Waals surface area contributed by atoms with Crippen LogP contribution in [0.1, 0.15) is 21.1 Å². The molecule has 0 aliphatic rings. The zero-order chi connectivity index (χ0) is 13.7. The van der Waals surface area contributed by atoms with Crippen molar-refractivity contribution in [3.05, 3.63) is 45.9 Å². The van der Waals surface area contributed by atoms with Gasteiger partial charge in [0.15, 0.2) is 0 Å². The van der Waals surface area contributed by atoms with Gasteiger partial charge in [-0.05, 0) is 19.1 Å². The molecule has 2 rings (SSSR count). The molecule has 0 aliphatic heterocycles. The number of aryl methyl sites for hydroxylation is 1. The molecule has 1 aromatic carbocycles. The number of benzene rings is 1. The summed E-state index contributed by atoms with van der Waals surface area (Å²) in [6.45, 7) is 2.57. The number of nitrogens with one attached hydrogen (secondary N) is 2. The molecule has 0 unspecified atom stereocenters. The molecule has 0 saturated carbocycles. The number of hydrogen-bond acceptors (Lipinski definition) is 4. The van der Waals surface area contributed by atoms with Crippen LogP contribution in [-0.4, -0.2) is 24.5 Å². The number of hydrogen-bond donors (Lipinski definition) is 2. The smallest absolute Gasteiger partial charge is 0.253 e. The summed E-state index contributed by atoms with van der Waals surface area (Å²) in [5.41, 5.74) is 2.54. The summed E-state index contributed by atoms with van der Waals surface area (Å²) in [6, 6.07) is 7.47. The number of rotatable bonds is 5. The van der Waals surface area contributed by atoms with E-state index in [1.54, 1.807) is 11.3 Å². The Morgan fingerprint density at radius 2 is 2.16 bits per heavy atom. The van der Waals surface area contributed by atoms with Crippen molar-refractivity contribution in [1.82, 2.24) is 10.3 Å². The molecule has 0 fully saturated rings. The molecule has 0 radical (unpaired) electrons. The molecule has 5 heteroatoms. The van der Waals surface area contributed by atoms with E-state index >= 15 is 0 Å². The van der Waals surface area contributed by atoms with Crippen molar-refractivity contribution in [2.45, 2.75) is 13.3 Å². The number of nitrogens with zero attached hydrogens (tertiary/aromatic N) is 1. The summed E-state index contributed by atoms with van der Waals surface area (Å²) in [5, 5.41) is 9.01. The fourth-order valence-corrected chi connectivity index (χ4v) is 2.57. The molecule has 0 saturated heterocycles. The van der Waals surface area contributed by atoms with Gasteiger partial charge in [-0.2, -0.15) is 0 Å². The van der Waals surface area contributed by atoms with Crippen LogP contribution >= 0.6 is 11.3 Å². The summed E-state index contributed by atoms with van der Waals surface area (Å²) in [4.78, 5) is 16.4. The van der Waals surface area contributed by atoms with Crippen LogP contribution in [0.25, 0.3) is 0 Å². The van der Waals surface area contributed by atoms with Crippen molar-refractivity contribution < 1.29 is 4.79 Å². The summed E-state index contributed by atoms with van der Waals surface area (Å²) >= 11 is 1.63. The molecule has 4 nitrogen and oxygen atoms in total. The monoisotopic (exact) mass is 275 g/mol. The molecular formula is C14H17N3OS. The Kier molecular flexibility index (Phi) is 4.52. The minimum absolute atomic E-state index is 0.0572. The lowest BCUT2D eigenvalue weighted by Crippen LogP contribution is -2.26. The van der Waals surface area contributed by atoms with E-state index in [-0.39, 0.29) is 5.91 Å². The van der Waals surface area contributed by atoms with Gasteiger partial charge in [-0.25, -0.2) is 4.98 Å². The van der Waals surface area contributed by atoms with Crippen LogP contribution in [0.4, 0.5) is 5.69 Å². The topological polar surface area (TPSA) is 54.0 Å². The van der Waals surface area contributed by atoms with Gasteiger partial charge in [-0.1, -0.05) is 12.1 Å². The number of carbonyl (C=O) groups excluding carboxylic acids is 1. The minimum Gasteiger partial charge on any atom is -0.387 e. The quantitative estimate of drug-likeness (QED) is 0.881. The van der Waals surface area contributed by atoms with Gasteiger partial charge in [-0.15, -0.1) is 11.3 Å². The van der Waals surface area contributed by atoms with E-state index in [2.05, 4.69) is 15.6 Å². The SMILES string of the molecule is CNc1ccccc1C(=O)NCCc1nc(C)cs1. The van der Waals surface area contributed by atoms with Crippen molar-refractivity contribution in [3.63, 3.8) is 0 Å². The van der Waals surface area contributed by atoms with E-state index in [1.165, 1.54) is 0 Å². The molecule has 1 heterocycles. The van der Waals surface area contributed by atoms with E-state index in [9.17, 15) is 4.79 Å². The lowest BCUT2D eigenvalue weighted by Gasteiger charge is -2.08. The predicted octanol–water partition coefficient (Wildman–Crippen LogP) is 2.47. The summed E-state index contributed by atoms with van der Waals surface area (Å²) in [6.07, 6.45) is 0.770. The largest absolute Gasteiger partial charge is 0.387 e. The third kappa shape index (κ3) is 3.54. The molecule has 2 N–H and O–H groups in total. The molecule has 0 bridgehead atoms. The Morgan fingerprint density at radius 3 is 2.84 bits per heavy atom. The normalized spacial score (nSPS) is 10.2. The van der Waals surface area contributed by atoms with Gasteiger partial charge in [-0.3, -0.25) is 4.79 Å². The first-order valence-electron chi connectivity index (χ1n) is 6.16. The summed E-state index contributed by atoms with van der Waals surface area (Å²) < 4.78 is 0. The first-order chi connectivity index (χ1) is 9.20. The van der Waals surface area contributed by atoms with Crippen LogP contribution in [0.3, 0.4) is 0 Å². The summed E-state index contributed by atoms with van der Waals surface area (Å²) in [5.74, 6) is -0.0572. The number of amides is 1. The molecule has 0 spiro atoms. The second-order valence-electron chi connectivity index (χ2n) is 4.18. The Balaban J connectivity index is 1.90. The van der Waals surface area contributed by atoms with Gasteiger partial charge in [0, 0.05) is 36.8 Å². The lowest BCUT2D eigenvalue weighted by atomic mass is 10.1. The van der Waals surface area contributed by atoms with Crippen LogP contribution in [0, 0.1) is 6.92 Å². The van der Waals surface area contributed by atoms with Crippen LogP contribution in [-0.2, 0) is 6.42 Å². The second-order valence-corrected chi connectivity index (χ2v) is 5.13. The average Bonchev–Trinajstić information content (AvgIpc) is 2.84. The molecule has 19 heavy (non-hydrogen) atoms. The number of para-hydroxylation sites is 1. The van der Waals surface area contributed by atoms with Crippen molar-refractivity contribution in [2.24, 2.45) is 0 Å². The van der Waals surface area contributed by atoms with Gasteiger partial charge in [0.25, 0.3) is 5.91 Å². The third-order valence-electron chi connectivity index (χ3n) is 2.73. The molecule has 1 aromatic heterocycles. The van der Waals surface area contributed by atoms with E-state index in [0.29, 0.717) is 12.1 Å². The van der Waals surface area contributed by atoms with Gasteiger partial charge < -0.3 is 10.6 Å². The highest BCUT2D eigenvalue weighted by Gasteiger charge is 2.09. The highest BCUT2D eigenvalue weighted by Crippen LogP contribution is 2.14. The number of aromatic nitrogens is 1. The van der Waals surface area contributed by atoms with Crippen LogP contribution < -0.4 is 10.6 Å². The molecule has 1 amide bonds. The maximum absolute atomic E-state index is 12.1. The fraction of sp³-hybridized carbons (Fsp3) is 0.286. The van der Waals surface area contributed by atoms with E-state index in [4.69, 9.17) is 0 Å². The van der Waals surface area contributed by atoms with E-state index in [0.717, 1.165) is 22.8 Å². The number of carbonyl (C=O) groups is 1. The molecule has 0 atom stereocenters. The van der Waals surface area contributed by atoms with Crippen molar-refractivity contribution in [1.29, 1.82) is 0 Å². The van der Waals surface area contributed by atoms with Gasteiger partial charge in [0.2, 0.25) is 0 Å². The maximum Gasteiger partial charge on any atom is 0.253 e. The number of anilines is 1. The highest BCUT2D eigenvalue weighted by atomic mass is 32.1. The Bertz CT molecular complexity index is 565. The molecule has 100 valence electrons. The average molecular weight is 275 g/mol.